The van der Waals surface area contributed by atoms with Gasteiger partial charge in [0.15, 0.2) is 5.82 Å². The molecule has 106 valence electrons. The maximum absolute atomic E-state index is 11.7. The Kier molecular flexibility index (Phi) is 4.37. The van der Waals surface area contributed by atoms with Crippen molar-refractivity contribution in [2.45, 2.75) is 20.1 Å². The van der Waals surface area contributed by atoms with Crippen LogP contribution in [0.15, 0.2) is 30.3 Å². The summed E-state index contributed by atoms with van der Waals surface area (Å²) in [5, 5.41) is 18.5. The number of aromatic nitrogens is 2. The van der Waals surface area contributed by atoms with Gasteiger partial charge in [-0.25, -0.2) is 4.79 Å². The molecular weight excluding hydrogens is 256 g/mol. The van der Waals surface area contributed by atoms with E-state index in [0.29, 0.717) is 12.4 Å². The van der Waals surface area contributed by atoms with E-state index in [0.717, 1.165) is 16.8 Å². The van der Waals surface area contributed by atoms with Crippen LogP contribution in [0.1, 0.15) is 16.8 Å². The number of anilines is 1. The molecule has 0 atom stereocenters. The highest BCUT2D eigenvalue weighted by Gasteiger charge is 2.05. The van der Waals surface area contributed by atoms with Gasteiger partial charge in [-0.15, -0.1) is 0 Å². The largest absolute Gasteiger partial charge is 0.392 e. The number of nitrogens with one attached hydrogen (secondary N) is 2. The van der Waals surface area contributed by atoms with Gasteiger partial charge in [0.25, 0.3) is 0 Å². The number of urea groups is 1. The van der Waals surface area contributed by atoms with Crippen molar-refractivity contribution in [1.82, 2.24) is 15.1 Å². The highest BCUT2D eigenvalue weighted by Crippen LogP contribution is 2.07. The van der Waals surface area contributed by atoms with Crippen molar-refractivity contribution in [3.8, 4) is 0 Å². The molecule has 0 radical (unpaired) electrons. The van der Waals surface area contributed by atoms with Gasteiger partial charge in [0, 0.05) is 25.4 Å². The predicted octanol–water partition coefficient (Wildman–Crippen LogP) is 1.54. The van der Waals surface area contributed by atoms with Crippen LogP contribution in [0.25, 0.3) is 0 Å². The molecule has 2 aromatic rings. The summed E-state index contributed by atoms with van der Waals surface area (Å²) in [5.41, 5.74) is 2.79. The van der Waals surface area contributed by atoms with Crippen molar-refractivity contribution in [3.63, 3.8) is 0 Å². The minimum Gasteiger partial charge on any atom is -0.392 e. The molecule has 20 heavy (non-hydrogen) atoms. The number of carbonyl (C=O) groups is 1. The molecule has 0 unspecified atom stereocenters. The lowest BCUT2D eigenvalue weighted by Crippen LogP contribution is -2.28. The molecule has 1 aromatic carbocycles. The van der Waals surface area contributed by atoms with E-state index in [2.05, 4.69) is 15.7 Å². The number of hydrogen-bond donors (Lipinski definition) is 3. The first-order valence-electron chi connectivity index (χ1n) is 6.32. The Balaban J connectivity index is 1.85. The molecule has 2 amide bonds. The van der Waals surface area contributed by atoms with Crippen molar-refractivity contribution >= 4 is 11.8 Å². The molecule has 0 spiro atoms. The van der Waals surface area contributed by atoms with E-state index in [1.54, 1.807) is 10.7 Å². The standard InChI is InChI=1S/C14H18N4O2/c1-10-7-13(17-18(10)2)16-14(20)15-8-11-3-5-12(9-19)6-4-11/h3-7,19H,8-9H2,1-2H3,(H2,15,16,17,20). The number of rotatable bonds is 4. The summed E-state index contributed by atoms with van der Waals surface area (Å²) in [4.78, 5) is 11.7. The Labute approximate surface area is 117 Å². The van der Waals surface area contributed by atoms with Crippen LogP contribution in [0.4, 0.5) is 10.6 Å². The van der Waals surface area contributed by atoms with Crippen LogP contribution in [0, 0.1) is 6.92 Å². The minimum absolute atomic E-state index is 0.0211. The van der Waals surface area contributed by atoms with Gasteiger partial charge in [0.2, 0.25) is 0 Å². The normalized spacial score (nSPS) is 10.3. The number of aryl methyl sites for hydroxylation is 2. The summed E-state index contributed by atoms with van der Waals surface area (Å²) in [6.07, 6.45) is 0. The molecule has 0 fully saturated rings. The fourth-order valence-corrected chi connectivity index (χ4v) is 1.73. The minimum atomic E-state index is -0.297. The molecule has 1 heterocycles. The van der Waals surface area contributed by atoms with Crippen LogP contribution >= 0.6 is 0 Å². The summed E-state index contributed by atoms with van der Waals surface area (Å²) < 4.78 is 1.70. The molecule has 0 aliphatic heterocycles. The van der Waals surface area contributed by atoms with Gasteiger partial charge >= 0.3 is 6.03 Å². The Morgan fingerprint density at radius 1 is 1.30 bits per heavy atom. The van der Waals surface area contributed by atoms with Crippen LogP contribution in [0.3, 0.4) is 0 Å². The topological polar surface area (TPSA) is 79.2 Å². The van der Waals surface area contributed by atoms with Crippen molar-refractivity contribution in [1.29, 1.82) is 0 Å². The Morgan fingerprint density at radius 2 is 1.95 bits per heavy atom. The second-order valence-corrected chi connectivity index (χ2v) is 4.58. The van der Waals surface area contributed by atoms with Crippen LogP contribution in [0.5, 0.6) is 0 Å². The van der Waals surface area contributed by atoms with Gasteiger partial charge in [0.05, 0.1) is 6.61 Å². The fraction of sp³-hybridized carbons (Fsp3) is 0.286. The first-order valence-corrected chi connectivity index (χ1v) is 6.32. The molecular formula is C14H18N4O2. The zero-order valence-corrected chi connectivity index (χ0v) is 11.6. The van der Waals surface area contributed by atoms with Crippen molar-refractivity contribution < 1.29 is 9.90 Å². The fourth-order valence-electron chi connectivity index (χ4n) is 1.73. The van der Waals surface area contributed by atoms with Crippen LogP contribution in [0.2, 0.25) is 0 Å². The van der Waals surface area contributed by atoms with Crippen LogP contribution in [-0.4, -0.2) is 20.9 Å². The smallest absolute Gasteiger partial charge is 0.320 e. The molecule has 0 aliphatic carbocycles. The zero-order chi connectivity index (χ0) is 14.5. The summed E-state index contributed by atoms with van der Waals surface area (Å²) in [6, 6.07) is 8.91. The third-order valence-electron chi connectivity index (χ3n) is 3.01. The van der Waals surface area contributed by atoms with Gasteiger partial charge in [-0.1, -0.05) is 24.3 Å². The highest BCUT2D eigenvalue weighted by molar-refractivity contribution is 5.88. The molecule has 0 aliphatic rings. The molecule has 6 nitrogen and oxygen atoms in total. The number of benzene rings is 1. The zero-order valence-electron chi connectivity index (χ0n) is 11.6. The average Bonchev–Trinajstić information content (AvgIpc) is 2.75. The van der Waals surface area contributed by atoms with Crippen molar-refractivity contribution in [2.75, 3.05) is 5.32 Å². The first-order chi connectivity index (χ1) is 9.58. The summed E-state index contributed by atoms with van der Waals surface area (Å²) in [5.74, 6) is 0.526. The number of amides is 2. The van der Waals surface area contributed by atoms with E-state index >= 15 is 0 Å². The number of hydrogen-bond acceptors (Lipinski definition) is 3. The lowest BCUT2D eigenvalue weighted by Gasteiger charge is -2.06. The van der Waals surface area contributed by atoms with Gasteiger partial charge in [-0.2, -0.15) is 5.10 Å². The van der Waals surface area contributed by atoms with E-state index < -0.39 is 0 Å². The molecule has 0 bridgehead atoms. The van der Waals surface area contributed by atoms with Gasteiger partial charge in [-0.05, 0) is 18.1 Å². The maximum atomic E-state index is 11.7. The number of nitrogens with zero attached hydrogens (tertiary/aromatic N) is 2. The Bertz CT molecular complexity index is 570. The first kappa shape index (κ1) is 14.1. The lowest BCUT2D eigenvalue weighted by atomic mass is 10.1. The molecule has 1 aromatic heterocycles. The van der Waals surface area contributed by atoms with Gasteiger partial charge in [0.1, 0.15) is 0 Å². The van der Waals surface area contributed by atoms with Crippen molar-refractivity contribution in [3.05, 3.63) is 47.2 Å². The molecule has 0 saturated heterocycles. The second kappa shape index (κ2) is 6.21. The third kappa shape index (κ3) is 3.58. The van der Waals surface area contributed by atoms with Crippen LogP contribution in [-0.2, 0) is 20.2 Å². The van der Waals surface area contributed by atoms with Crippen LogP contribution < -0.4 is 10.6 Å². The van der Waals surface area contributed by atoms with Gasteiger partial charge in [-0.3, -0.25) is 10.00 Å². The molecule has 6 heteroatoms. The van der Waals surface area contributed by atoms with E-state index in [-0.39, 0.29) is 12.6 Å². The quantitative estimate of drug-likeness (QED) is 0.791. The molecule has 0 saturated carbocycles. The molecule has 3 N–H and O–H groups in total. The van der Waals surface area contributed by atoms with E-state index in [1.807, 2.05) is 38.2 Å². The second-order valence-electron chi connectivity index (χ2n) is 4.58. The SMILES string of the molecule is Cc1cc(NC(=O)NCc2ccc(CO)cc2)nn1C. The number of carbonyl (C=O) groups excluding carboxylic acids is 1. The Hall–Kier alpha value is -2.34. The number of aliphatic hydroxyl groups is 1. The highest BCUT2D eigenvalue weighted by atomic mass is 16.3. The maximum Gasteiger partial charge on any atom is 0.320 e. The monoisotopic (exact) mass is 274 g/mol. The summed E-state index contributed by atoms with van der Waals surface area (Å²) in [7, 11) is 1.82. The summed E-state index contributed by atoms with van der Waals surface area (Å²) in [6.45, 7) is 2.36. The summed E-state index contributed by atoms with van der Waals surface area (Å²) >= 11 is 0. The average molecular weight is 274 g/mol. The van der Waals surface area contributed by atoms with Gasteiger partial charge < -0.3 is 10.4 Å². The van der Waals surface area contributed by atoms with E-state index in [4.69, 9.17) is 5.11 Å². The Morgan fingerprint density at radius 3 is 2.50 bits per heavy atom. The molecule has 2 rings (SSSR count). The van der Waals surface area contributed by atoms with E-state index in [1.165, 1.54) is 0 Å². The number of aliphatic hydroxyl groups excluding tert-OH is 1. The van der Waals surface area contributed by atoms with E-state index in [9.17, 15) is 4.79 Å². The predicted molar refractivity (Wildman–Crippen MR) is 76.2 cm³/mol. The lowest BCUT2D eigenvalue weighted by molar-refractivity contribution is 0.251. The third-order valence-corrected chi connectivity index (χ3v) is 3.01. The van der Waals surface area contributed by atoms with Crippen molar-refractivity contribution in [2.24, 2.45) is 7.05 Å².